The molecule has 0 aromatic rings. The smallest absolute Gasteiger partial charge is 0.0650 e. The Hall–Kier alpha value is -0.630. The topological polar surface area (TPSA) is 3.24 Å². The average Bonchev–Trinajstić information content (AvgIpc) is 2.44. The van der Waals surface area contributed by atoms with Crippen molar-refractivity contribution in [1.29, 1.82) is 0 Å². The Balaban J connectivity index is 4.47. The van der Waals surface area contributed by atoms with Gasteiger partial charge in [-0.25, -0.2) is 0 Å². The van der Waals surface area contributed by atoms with Crippen LogP contribution < -0.4 is 0 Å². The predicted octanol–water partition coefficient (Wildman–Crippen LogP) is 5.52. The third-order valence-electron chi connectivity index (χ3n) is 3.64. The summed E-state index contributed by atoms with van der Waals surface area (Å²) in [6.45, 7) is 12.4. The summed E-state index contributed by atoms with van der Waals surface area (Å²) in [5.74, 6) is 0. The van der Waals surface area contributed by atoms with E-state index in [0.717, 1.165) is 12.8 Å². The van der Waals surface area contributed by atoms with E-state index in [1.54, 1.807) is 5.49 Å². The van der Waals surface area contributed by atoms with E-state index in [4.69, 9.17) is 12.2 Å². The fourth-order valence-electron chi connectivity index (χ4n) is 2.39. The summed E-state index contributed by atoms with van der Waals surface area (Å²) in [6.07, 6.45) is 13.9. The van der Waals surface area contributed by atoms with Gasteiger partial charge in [-0.2, -0.15) is 0 Å². The average molecular weight is 282 g/mol. The van der Waals surface area contributed by atoms with E-state index in [2.05, 4.69) is 31.9 Å². The van der Waals surface area contributed by atoms with E-state index >= 15 is 0 Å². The van der Waals surface area contributed by atoms with Crippen LogP contribution in [-0.2, 0) is 0 Å². The lowest BCUT2D eigenvalue weighted by atomic mass is 10.0. The maximum absolute atomic E-state index is 5.22. The van der Waals surface area contributed by atoms with Gasteiger partial charge in [0.2, 0.25) is 0 Å². The van der Waals surface area contributed by atoms with Crippen molar-refractivity contribution in [1.82, 2.24) is 4.90 Å². The maximum atomic E-state index is 5.22. The second-order valence-corrected chi connectivity index (χ2v) is 5.36. The first-order valence-electron chi connectivity index (χ1n) is 7.72. The molecule has 19 heavy (non-hydrogen) atoms. The van der Waals surface area contributed by atoms with Crippen molar-refractivity contribution >= 4 is 17.7 Å². The normalized spacial score (nSPS) is 13.6. The molecule has 0 aromatic heterocycles. The highest BCUT2D eigenvalue weighted by Crippen LogP contribution is 2.18. The Labute approximate surface area is 125 Å². The highest BCUT2D eigenvalue weighted by Gasteiger charge is 2.18. The first-order valence-corrected chi connectivity index (χ1v) is 8.20. The van der Waals surface area contributed by atoms with Gasteiger partial charge in [0.1, 0.15) is 0 Å². The molecule has 0 aliphatic rings. The Bertz CT molecular complexity index is 228. The van der Waals surface area contributed by atoms with Crippen LogP contribution in [0.3, 0.4) is 0 Å². The minimum absolute atomic E-state index is 0.355. The van der Waals surface area contributed by atoms with E-state index < -0.39 is 0 Å². The molecule has 0 saturated heterocycles. The monoisotopic (exact) mass is 281 g/mol. The van der Waals surface area contributed by atoms with Crippen molar-refractivity contribution in [3.8, 4) is 0 Å². The molecule has 0 aromatic carbocycles. The molecule has 0 amide bonds. The van der Waals surface area contributed by atoms with Crippen LogP contribution in [-0.4, -0.2) is 22.5 Å². The van der Waals surface area contributed by atoms with Gasteiger partial charge in [0.05, 0.1) is 5.49 Å². The third-order valence-corrected chi connectivity index (χ3v) is 3.88. The molecule has 0 bridgehead atoms. The quantitative estimate of drug-likeness (QED) is 0.248. The Morgan fingerprint density at radius 2 is 1.32 bits per heavy atom. The molecule has 0 heterocycles. The number of unbranched alkanes of at least 4 members (excludes halogenated alkanes) is 4. The fraction of sp³-hybridized carbons (Fsp3) is 0.706. The van der Waals surface area contributed by atoms with Gasteiger partial charge in [-0.05, 0) is 12.8 Å². The first kappa shape index (κ1) is 18.4. The van der Waals surface area contributed by atoms with Gasteiger partial charge < -0.3 is 4.90 Å². The van der Waals surface area contributed by atoms with Crippen LogP contribution in [0, 0.1) is 0 Å². The van der Waals surface area contributed by atoms with Gasteiger partial charge in [0.15, 0.2) is 0 Å². The number of hydrogen-bond acceptors (Lipinski definition) is 1. The number of nitrogens with zero attached hydrogens (tertiary/aromatic N) is 1. The van der Waals surface area contributed by atoms with Crippen LogP contribution in [0.15, 0.2) is 25.3 Å². The molecule has 2 unspecified atom stereocenters. The summed E-state index contributed by atoms with van der Waals surface area (Å²) < 4.78 is 0. The van der Waals surface area contributed by atoms with E-state index in [9.17, 15) is 0 Å². The van der Waals surface area contributed by atoms with Crippen molar-refractivity contribution in [2.45, 2.75) is 77.3 Å². The number of thiocarbonyl (C=S) groups is 1. The van der Waals surface area contributed by atoms with Crippen LogP contribution in [0.5, 0.6) is 0 Å². The van der Waals surface area contributed by atoms with Crippen LogP contribution in [0.2, 0.25) is 0 Å². The molecule has 0 spiro atoms. The Kier molecular flexibility index (Phi) is 12.0. The highest BCUT2D eigenvalue weighted by molar-refractivity contribution is 7.78. The number of rotatable bonds is 13. The van der Waals surface area contributed by atoms with Gasteiger partial charge in [0, 0.05) is 12.1 Å². The molecular weight excluding hydrogens is 250 g/mol. The lowest BCUT2D eigenvalue weighted by Gasteiger charge is -2.34. The zero-order valence-corrected chi connectivity index (χ0v) is 13.6. The van der Waals surface area contributed by atoms with Crippen LogP contribution in [0.4, 0.5) is 0 Å². The summed E-state index contributed by atoms with van der Waals surface area (Å²) >= 11 is 5.22. The van der Waals surface area contributed by atoms with Crippen molar-refractivity contribution in [3.05, 3.63) is 25.3 Å². The molecule has 0 aliphatic carbocycles. The second-order valence-electron chi connectivity index (χ2n) is 5.15. The fourth-order valence-corrected chi connectivity index (χ4v) is 2.70. The lowest BCUT2D eigenvalue weighted by molar-refractivity contribution is 0.287. The van der Waals surface area contributed by atoms with Crippen molar-refractivity contribution in [3.63, 3.8) is 0 Å². The predicted molar refractivity (Wildman–Crippen MR) is 91.7 cm³/mol. The van der Waals surface area contributed by atoms with Crippen molar-refractivity contribution in [2.24, 2.45) is 0 Å². The molecular formula is C17H31NS. The zero-order valence-electron chi connectivity index (χ0n) is 12.8. The highest BCUT2D eigenvalue weighted by atomic mass is 32.1. The van der Waals surface area contributed by atoms with E-state index in [1.165, 1.54) is 38.5 Å². The molecule has 0 saturated carbocycles. The summed E-state index contributed by atoms with van der Waals surface area (Å²) in [6, 6.07) is 0.711. The van der Waals surface area contributed by atoms with E-state index in [-0.39, 0.29) is 0 Å². The van der Waals surface area contributed by atoms with E-state index in [0.29, 0.717) is 12.1 Å². The maximum Gasteiger partial charge on any atom is 0.0650 e. The molecule has 110 valence electrons. The van der Waals surface area contributed by atoms with Crippen LogP contribution >= 0.6 is 12.2 Å². The van der Waals surface area contributed by atoms with Crippen molar-refractivity contribution < 1.29 is 0 Å². The summed E-state index contributed by atoms with van der Waals surface area (Å²) in [5, 5.41) is 0. The Morgan fingerprint density at radius 3 is 1.58 bits per heavy atom. The van der Waals surface area contributed by atoms with Gasteiger partial charge >= 0.3 is 0 Å². The first-order chi connectivity index (χ1) is 9.24. The largest absolute Gasteiger partial charge is 0.356 e. The Morgan fingerprint density at radius 1 is 0.895 bits per heavy atom. The molecule has 0 aliphatic heterocycles. The standard InChI is InChI=1S/C17H31NS/c1-5-9-11-13-16(7-3)18(15-19)17(8-4)14-12-10-6-2/h7-8,15-17H,3-6,9-14H2,1-2H3. The van der Waals surface area contributed by atoms with Crippen LogP contribution in [0.25, 0.3) is 0 Å². The minimum atomic E-state index is 0.355. The van der Waals surface area contributed by atoms with Gasteiger partial charge in [-0.3, -0.25) is 0 Å². The summed E-state index contributed by atoms with van der Waals surface area (Å²) in [4.78, 5) is 2.26. The lowest BCUT2D eigenvalue weighted by Crippen LogP contribution is -2.39. The summed E-state index contributed by atoms with van der Waals surface area (Å²) in [5.41, 5.74) is 1.80. The van der Waals surface area contributed by atoms with Crippen molar-refractivity contribution in [2.75, 3.05) is 0 Å². The van der Waals surface area contributed by atoms with E-state index in [1.807, 2.05) is 12.2 Å². The second kappa shape index (κ2) is 12.4. The minimum Gasteiger partial charge on any atom is -0.356 e. The molecule has 2 heteroatoms. The number of hydrogen-bond donors (Lipinski definition) is 0. The molecule has 0 N–H and O–H groups in total. The molecule has 1 nitrogen and oxygen atoms in total. The van der Waals surface area contributed by atoms with Crippen LogP contribution in [0.1, 0.15) is 65.2 Å². The zero-order chi connectivity index (χ0) is 14.5. The molecule has 2 atom stereocenters. The summed E-state index contributed by atoms with van der Waals surface area (Å²) in [7, 11) is 0. The molecule has 0 radical (unpaired) electrons. The molecule has 0 fully saturated rings. The van der Waals surface area contributed by atoms with Gasteiger partial charge in [0.25, 0.3) is 0 Å². The van der Waals surface area contributed by atoms with Gasteiger partial charge in [-0.1, -0.05) is 76.7 Å². The SMILES string of the molecule is C=CC(CCCCC)N(C=S)C(C=C)CCCCC. The van der Waals surface area contributed by atoms with Gasteiger partial charge in [-0.15, -0.1) is 13.2 Å². The molecule has 0 rings (SSSR count). The third kappa shape index (κ3) is 7.51.